The number of carbonyl (C=O) groups excluding carboxylic acids is 3. The Morgan fingerprint density at radius 2 is 1.78 bits per heavy atom. The Hall–Kier alpha value is -3.06. The Bertz CT molecular complexity index is 930. The summed E-state index contributed by atoms with van der Waals surface area (Å²) in [6.07, 6.45) is 1.75. The van der Waals surface area contributed by atoms with Crippen molar-refractivity contribution < 1.29 is 28.6 Å². The highest BCUT2D eigenvalue weighted by molar-refractivity contribution is 8.05. The summed E-state index contributed by atoms with van der Waals surface area (Å²) >= 11 is 1.25. The molecule has 7 heteroatoms. The maximum absolute atomic E-state index is 12.6. The van der Waals surface area contributed by atoms with E-state index in [0.29, 0.717) is 26.7 Å². The van der Waals surface area contributed by atoms with Crippen LogP contribution in [0.15, 0.2) is 52.3 Å². The number of carbonyl (C=O) groups is 3. The van der Waals surface area contributed by atoms with Crippen molar-refractivity contribution in [3.63, 3.8) is 0 Å². The highest BCUT2D eigenvalue weighted by atomic mass is 32.2. The van der Waals surface area contributed by atoms with Crippen LogP contribution in [-0.2, 0) is 14.3 Å². The number of ketones is 1. The van der Waals surface area contributed by atoms with Crippen molar-refractivity contribution in [3.8, 4) is 5.75 Å². The standard InChI is InChI=1S/C20H16O6S/c1-24-17(21)11-26-13-8-6-12(7-9-13)10-16-18(22)14-4-3-5-15(19(14)27-16)20(23)25-2/h3-10H,11H2,1-2H3/b16-10+. The molecule has 0 atom stereocenters. The van der Waals surface area contributed by atoms with Gasteiger partial charge in [-0.2, -0.15) is 0 Å². The van der Waals surface area contributed by atoms with Gasteiger partial charge in [0.2, 0.25) is 5.78 Å². The third-order valence-corrected chi connectivity index (χ3v) is 5.03. The predicted octanol–water partition coefficient (Wildman–Crippen LogP) is 3.35. The fourth-order valence-corrected chi connectivity index (χ4v) is 3.64. The molecule has 0 spiro atoms. The van der Waals surface area contributed by atoms with Gasteiger partial charge in [0, 0.05) is 10.5 Å². The lowest BCUT2D eigenvalue weighted by Crippen LogP contribution is -2.12. The molecule has 138 valence electrons. The highest BCUT2D eigenvalue weighted by Crippen LogP contribution is 2.43. The quantitative estimate of drug-likeness (QED) is 0.578. The van der Waals surface area contributed by atoms with Crippen molar-refractivity contribution in [2.24, 2.45) is 0 Å². The van der Waals surface area contributed by atoms with E-state index in [1.54, 1.807) is 48.5 Å². The Balaban J connectivity index is 1.79. The van der Waals surface area contributed by atoms with Crippen molar-refractivity contribution >= 4 is 35.6 Å². The number of esters is 2. The van der Waals surface area contributed by atoms with Gasteiger partial charge in [-0.1, -0.05) is 30.0 Å². The Morgan fingerprint density at radius 1 is 1.04 bits per heavy atom. The van der Waals surface area contributed by atoms with Gasteiger partial charge >= 0.3 is 11.9 Å². The van der Waals surface area contributed by atoms with Crippen molar-refractivity contribution in [1.29, 1.82) is 0 Å². The van der Waals surface area contributed by atoms with Crippen molar-refractivity contribution in [3.05, 3.63) is 64.1 Å². The van der Waals surface area contributed by atoms with E-state index in [-0.39, 0.29) is 12.4 Å². The van der Waals surface area contributed by atoms with Crippen LogP contribution in [0.3, 0.4) is 0 Å². The van der Waals surface area contributed by atoms with E-state index in [1.807, 2.05) is 0 Å². The molecule has 1 heterocycles. The van der Waals surface area contributed by atoms with E-state index >= 15 is 0 Å². The van der Waals surface area contributed by atoms with E-state index in [1.165, 1.54) is 26.0 Å². The van der Waals surface area contributed by atoms with Crippen LogP contribution in [0.5, 0.6) is 5.75 Å². The molecule has 2 aromatic carbocycles. The molecule has 0 saturated carbocycles. The molecule has 0 saturated heterocycles. The second-order valence-corrected chi connectivity index (χ2v) is 6.60. The normalized spacial score (nSPS) is 14.0. The van der Waals surface area contributed by atoms with Crippen molar-refractivity contribution in [2.75, 3.05) is 20.8 Å². The number of hydrogen-bond acceptors (Lipinski definition) is 7. The van der Waals surface area contributed by atoms with Gasteiger partial charge in [-0.15, -0.1) is 0 Å². The van der Waals surface area contributed by atoms with Crippen LogP contribution in [0.1, 0.15) is 26.3 Å². The number of Topliss-reactive ketones (excluding diaryl/α,β-unsaturated/α-hetero) is 1. The van der Waals surface area contributed by atoms with Gasteiger partial charge < -0.3 is 14.2 Å². The van der Waals surface area contributed by atoms with Crippen LogP contribution in [0.4, 0.5) is 0 Å². The van der Waals surface area contributed by atoms with Gasteiger partial charge in [-0.05, 0) is 35.9 Å². The molecule has 0 aliphatic carbocycles. The summed E-state index contributed by atoms with van der Waals surface area (Å²) in [6, 6.07) is 12.0. The average molecular weight is 384 g/mol. The van der Waals surface area contributed by atoms with E-state index in [4.69, 9.17) is 9.47 Å². The largest absolute Gasteiger partial charge is 0.482 e. The third kappa shape index (κ3) is 4.03. The number of rotatable bonds is 5. The van der Waals surface area contributed by atoms with E-state index in [9.17, 15) is 14.4 Å². The fraction of sp³-hybridized carbons (Fsp3) is 0.150. The summed E-state index contributed by atoms with van der Waals surface area (Å²) in [5.74, 6) is -0.551. The number of benzene rings is 2. The summed E-state index contributed by atoms with van der Waals surface area (Å²) in [4.78, 5) is 36.7. The first-order chi connectivity index (χ1) is 13.0. The molecule has 1 aliphatic rings. The Labute approximate surface area is 160 Å². The van der Waals surface area contributed by atoms with Gasteiger partial charge in [-0.25, -0.2) is 9.59 Å². The molecule has 0 bridgehead atoms. The predicted molar refractivity (Wildman–Crippen MR) is 99.9 cm³/mol. The molecule has 27 heavy (non-hydrogen) atoms. The van der Waals surface area contributed by atoms with Crippen LogP contribution in [-0.4, -0.2) is 38.5 Å². The maximum atomic E-state index is 12.6. The van der Waals surface area contributed by atoms with Gasteiger partial charge in [0.05, 0.1) is 24.7 Å². The summed E-state index contributed by atoms with van der Waals surface area (Å²) in [5.41, 5.74) is 1.67. The minimum Gasteiger partial charge on any atom is -0.482 e. The van der Waals surface area contributed by atoms with Crippen LogP contribution in [0, 0.1) is 0 Å². The lowest BCUT2D eigenvalue weighted by atomic mass is 10.1. The molecular weight excluding hydrogens is 368 g/mol. The smallest absolute Gasteiger partial charge is 0.343 e. The number of ether oxygens (including phenoxy) is 3. The molecule has 0 unspecified atom stereocenters. The molecular formula is C20H16O6S. The van der Waals surface area contributed by atoms with E-state index < -0.39 is 11.9 Å². The first-order valence-electron chi connectivity index (χ1n) is 7.98. The summed E-state index contributed by atoms with van der Waals surface area (Å²) < 4.78 is 14.6. The number of methoxy groups -OCH3 is 2. The lowest BCUT2D eigenvalue weighted by molar-refractivity contribution is -0.142. The number of allylic oxidation sites excluding steroid dienone is 1. The third-order valence-electron chi connectivity index (χ3n) is 3.86. The minimum atomic E-state index is -0.472. The second kappa shape index (κ2) is 8.09. The first kappa shape index (κ1) is 18.7. The second-order valence-electron chi connectivity index (χ2n) is 5.55. The zero-order valence-corrected chi connectivity index (χ0v) is 15.5. The van der Waals surface area contributed by atoms with Crippen LogP contribution >= 0.6 is 11.8 Å². The van der Waals surface area contributed by atoms with Crippen molar-refractivity contribution in [2.45, 2.75) is 4.90 Å². The SMILES string of the molecule is COC(=O)COc1ccc(/C=C2/Sc3c(C(=O)OC)cccc3C2=O)cc1. The summed E-state index contributed by atoms with van der Waals surface area (Å²) in [5, 5.41) is 0. The zero-order chi connectivity index (χ0) is 19.4. The van der Waals surface area contributed by atoms with Crippen LogP contribution in [0.25, 0.3) is 6.08 Å². The molecule has 0 aromatic heterocycles. The molecule has 0 N–H and O–H groups in total. The molecule has 6 nitrogen and oxygen atoms in total. The number of thioether (sulfide) groups is 1. The topological polar surface area (TPSA) is 78.9 Å². The average Bonchev–Trinajstić information content (AvgIpc) is 3.02. The Kier molecular flexibility index (Phi) is 5.61. The summed E-state index contributed by atoms with van der Waals surface area (Å²) in [7, 11) is 2.60. The molecule has 0 radical (unpaired) electrons. The highest BCUT2D eigenvalue weighted by Gasteiger charge is 2.30. The maximum Gasteiger partial charge on any atom is 0.343 e. The van der Waals surface area contributed by atoms with Gasteiger partial charge in [-0.3, -0.25) is 4.79 Å². The van der Waals surface area contributed by atoms with Gasteiger partial charge in [0.15, 0.2) is 6.61 Å². The number of fused-ring (bicyclic) bond motifs is 1. The zero-order valence-electron chi connectivity index (χ0n) is 14.7. The monoisotopic (exact) mass is 384 g/mol. The van der Waals surface area contributed by atoms with E-state index in [2.05, 4.69) is 4.74 Å². The van der Waals surface area contributed by atoms with Crippen molar-refractivity contribution in [1.82, 2.24) is 0 Å². The lowest BCUT2D eigenvalue weighted by Gasteiger charge is -2.05. The minimum absolute atomic E-state index is 0.133. The number of hydrogen-bond donors (Lipinski definition) is 0. The first-order valence-corrected chi connectivity index (χ1v) is 8.80. The molecule has 2 aromatic rings. The Morgan fingerprint density at radius 3 is 2.44 bits per heavy atom. The molecule has 3 rings (SSSR count). The van der Waals surface area contributed by atoms with Crippen LogP contribution < -0.4 is 4.74 Å². The fourth-order valence-electron chi connectivity index (χ4n) is 2.49. The van der Waals surface area contributed by atoms with Crippen LogP contribution in [0.2, 0.25) is 0 Å². The van der Waals surface area contributed by atoms with E-state index in [0.717, 1.165) is 5.56 Å². The van der Waals surface area contributed by atoms with Gasteiger partial charge in [0.1, 0.15) is 5.75 Å². The molecule has 0 fully saturated rings. The molecule has 1 aliphatic heterocycles. The molecule has 0 amide bonds. The summed E-state index contributed by atoms with van der Waals surface area (Å²) in [6.45, 7) is -0.170. The van der Waals surface area contributed by atoms with Gasteiger partial charge in [0.25, 0.3) is 0 Å².